The highest BCUT2D eigenvalue weighted by Crippen LogP contribution is 2.22. The summed E-state index contributed by atoms with van der Waals surface area (Å²) in [5.74, 6) is 1.23. The van der Waals surface area contributed by atoms with Gasteiger partial charge in [-0.15, -0.1) is 0 Å². The Balaban J connectivity index is 2.77. The van der Waals surface area contributed by atoms with Gasteiger partial charge in [0, 0.05) is 25.3 Å². The molecule has 5 heteroatoms. The Kier molecular flexibility index (Phi) is 6.59. The van der Waals surface area contributed by atoms with Crippen LogP contribution >= 0.6 is 11.8 Å². The highest BCUT2D eigenvalue weighted by molar-refractivity contribution is 7.99. The first-order chi connectivity index (χ1) is 9.40. The van der Waals surface area contributed by atoms with Gasteiger partial charge in [-0.25, -0.2) is 4.98 Å². The molecule has 0 saturated carbocycles. The lowest BCUT2D eigenvalue weighted by Crippen LogP contribution is -2.32. The van der Waals surface area contributed by atoms with E-state index in [-0.39, 0.29) is 5.91 Å². The van der Waals surface area contributed by atoms with E-state index in [0.717, 1.165) is 30.5 Å². The van der Waals surface area contributed by atoms with E-state index in [4.69, 9.17) is 0 Å². The molecule has 0 atom stereocenters. The molecule has 0 aromatic carbocycles. The zero-order chi connectivity index (χ0) is 15.3. The normalized spacial score (nSPS) is 11.2. The number of carbonyl (C=O) groups is 1. The van der Waals surface area contributed by atoms with Crippen LogP contribution in [0.15, 0.2) is 5.16 Å². The van der Waals surface area contributed by atoms with Gasteiger partial charge in [0.1, 0.15) is 0 Å². The monoisotopic (exact) mass is 297 g/mol. The van der Waals surface area contributed by atoms with Crippen molar-refractivity contribution >= 4 is 17.7 Å². The van der Waals surface area contributed by atoms with Crippen LogP contribution in [0, 0.1) is 19.8 Å². The average Bonchev–Trinajstić information content (AvgIpc) is 2.65. The maximum atomic E-state index is 12.1. The maximum absolute atomic E-state index is 12.1. The number of amides is 1. The minimum absolute atomic E-state index is 0.189. The van der Waals surface area contributed by atoms with Crippen molar-refractivity contribution in [3.63, 3.8) is 0 Å². The summed E-state index contributed by atoms with van der Waals surface area (Å²) in [4.78, 5) is 18.5. The quantitative estimate of drug-likeness (QED) is 0.726. The third-order valence-corrected chi connectivity index (χ3v) is 4.37. The minimum Gasteiger partial charge on any atom is -0.343 e. The summed E-state index contributed by atoms with van der Waals surface area (Å²) < 4.78 is 2.24. The van der Waals surface area contributed by atoms with Crippen molar-refractivity contribution in [2.45, 2.75) is 53.2 Å². The molecule has 1 amide bonds. The second-order valence-corrected chi connectivity index (χ2v) is 6.37. The summed E-state index contributed by atoms with van der Waals surface area (Å²) >= 11 is 1.55. The molecule has 1 aromatic heterocycles. The number of carbonyl (C=O) groups excluding carboxylic acids is 1. The van der Waals surface area contributed by atoms with Crippen molar-refractivity contribution in [2.75, 3.05) is 18.8 Å². The predicted molar refractivity (Wildman–Crippen MR) is 85.2 cm³/mol. The van der Waals surface area contributed by atoms with Gasteiger partial charge in [-0.1, -0.05) is 25.6 Å². The van der Waals surface area contributed by atoms with E-state index >= 15 is 0 Å². The molecule has 0 spiro atoms. The fourth-order valence-electron chi connectivity index (χ4n) is 2.11. The molecule has 4 nitrogen and oxygen atoms in total. The molecular weight excluding hydrogens is 270 g/mol. The SMILES string of the molecule is CCN(CC)C(=O)CSc1nc(C)c(C)n1CC(C)C. The summed E-state index contributed by atoms with van der Waals surface area (Å²) in [7, 11) is 0. The number of aryl methyl sites for hydroxylation is 1. The molecule has 1 rings (SSSR count). The molecule has 114 valence electrons. The first kappa shape index (κ1) is 17.1. The van der Waals surface area contributed by atoms with Gasteiger partial charge in [0.15, 0.2) is 5.16 Å². The Morgan fingerprint density at radius 3 is 2.40 bits per heavy atom. The Bertz CT molecular complexity index is 450. The van der Waals surface area contributed by atoms with E-state index in [2.05, 4.69) is 30.3 Å². The Hall–Kier alpha value is -0.970. The zero-order valence-electron chi connectivity index (χ0n) is 13.6. The molecule has 0 aliphatic heterocycles. The van der Waals surface area contributed by atoms with Crippen LogP contribution in [0.4, 0.5) is 0 Å². The Morgan fingerprint density at radius 1 is 1.30 bits per heavy atom. The summed E-state index contributed by atoms with van der Waals surface area (Å²) in [6.45, 7) is 15.1. The average molecular weight is 297 g/mol. The first-order valence-corrected chi connectivity index (χ1v) is 8.33. The highest BCUT2D eigenvalue weighted by atomic mass is 32.2. The van der Waals surface area contributed by atoms with Gasteiger partial charge in [-0.05, 0) is 33.6 Å². The second-order valence-electron chi connectivity index (χ2n) is 5.42. The van der Waals surface area contributed by atoms with Crippen molar-refractivity contribution in [1.82, 2.24) is 14.5 Å². The summed E-state index contributed by atoms with van der Waals surface area (Å²) in [6.07, 6.45) is 0. The predicted octanol–water partition coefficient (Wildman–Crippen LogP) is 3.12. The number of thioether (sulfide) groups is 1. The van der Waals surface area contributed by atoms with Gasteiger partial charge in [0.05, 0.1) is 11.4 Å². The number of imidazole rings is 1. The van der Waals surface area contributed by atoms with Gasteiger partial charge in [0.25, 0.3) is 0 Å². The topological polar surface area (TPSA) is 38.1 Å². The van der Waals surface area contributed by atoms with Gasteiger partial charge in [-0.2, -0.15) is 0 Å². The third-order valence-electron chi connectivity index (χ3n) is 3.41. The van der Waals surface area contributed by atoms with Crippen LogP contribution in [-0.4, -0.2) is 39.2 Å². The van der Waals surface area contributed by atoms with Gasteiger partial charge >= 0.3 is 0 Å². The van der Waals surface area contributed by atoms with Crippen molar-refractivity contribution in [3.8, 4) is 0 Å². The van der Waals surface area contributed by atoms with Crippen LogP contribution in [-0.2, 0) is 11.3 Å². The van der Waals surface area contributed by atoms with E-state index in [1.807, 2.05) is 25.7 Å². The summed E-state index contributed by atoms with van der Waals surface area (Å²) in [6, 6.07) is 0. The molecule has 0 radical (unpaired) electrons. The largest absolute Gasteiger partial charge is 0.343 e. The van der Waals surface area contributed by atoms with E-state index in [1.165, 1.54) is 5.69 Å². The van der Waals surface area contributed by atoms with E-state index in [9.17, 15) is 4.79 Å². The number of aromatic nitrogens is 2. The number of hydrogen-bond donors (Lipinski definition) is 0. The maximum Gasteiger partial charge on any atom is 0.233 e. The molecule has 0 aliphatic carbocycles. The molecule has 1 heterocycles. The number of nitrogens with zero attached hydrogens (tertiary/aromatic N) is 3. The standard InChI is InChI=1S/C15H27N3OS/c1-7-17(8-2)14(19)10-20-15-16-12(5)13(6)18(15)9-11(3)4/h11H,7-10H2,1-6H3. The lowest BCUT2D eigenvalue weighted by Gasteiger charge is -2.18. The minimum atomic E-state index is 0.189. The van der Waals surface area contributed by atoms with Crippen LogP contribution in [0.25, 0.3) is 0 Å². The second kappa shape index (κ2) is 7.72. The summed E-state index contributed by atoms with van der Waals surface area (Å²) in [5.41, 5.74) is 2.26. The van der Waals surface area contributed by atoms with Crippen molar-refractivity contribution < 1.29 is 4.79 Å². The Labute approximate surface area is 126 Å². The lowest BCUT2D eigenvalue weighted by molar-refractivity contribution is -0.127. The van der Waals surface area contributed by atoms with E-state index in [1.54, 1.807) is 11.8 Å². The Morgan fingerprint density at radius 2 is 1.90 bits per heavy atom. The van der Waals surface area contributed by atoms with Gasteiger partial charge in [-0.3, -0.25) is 4.79 Å². The molecule has 0 bridgehead atoms. The molecule has 20 heavy (non-hydrogen) atoms. The van der Waals surface area contributed by atoms with E-state index in [0.29, 0.717) is 11.7 Å². The molecule has 1 aromatic rings. The van der Waals surface area contributed by atoms with Crippen LogP contribution in [0.3, 0.4) is 0 Å². The van der Waals surface area contributed by atoms with Crippen LogP contribution in [0.5, 0.6) is 0 Å². The van der Waals surface area contributed by atoms with Crippen LogP contribution < -0.4 is 0 Å². The molecule has 0 aliphatic rings. The molecule has 0 saturated heterocycles. The zero-order valence-corrected chi connectivity index (χ0v) is 14.4. The smallest absolute Gasteiger partial charge is 0.233 e. The highest BCUT2D eigenvalue weighted by Gasteiger charge is 2.16. The fourth-order valence-corrected chi connectivity index (χ4v) is 3.11. The van der Waals surface area contributed by atoms with E-state index < -0.39 is 0 Å². The molecule has 0 unspecified atom stereocenters. The first-order valence-electron chi connectivity index (χ1n) is 7.34. The molecule has 0 fully saturated rings. The van der Waals surface area contributed by atoms with Gasteiger partial charge < -0.3 is 9.47 Å². The third kappa shape index (κ3) is 4.27. The van der Waals surface area contributed by atoms with Crippen molar-refractivity contribution in [3.05, 3.63) is 11.4 Å². The summed E-state index contributed by atoms with van der Waals surface area (Å²) in [5, 5.41) is 0.967. The lowest BCUT2D eigenvalue weighted by atomic mass is 10.2. The van der Waals surface area contributed by atoms with Gasteiger partial charge in [0.2, 0.25) is 5.91 Å². The fraction of sp³-hybridized carbons (Fsp3) is 0.733. The van der Waals surface area contributed by atoms with Crippen molar-refractivity contribution in [1.29, 1.82) is 0 Å². The number of hydrogen-bond acceptors (Lipinski definition) is 3. The van der Waals surface area contributed by atoms with Crippen LogP contribution in [0.1, 0.15) is 39.1 Å². The number of rotatable bonds is 7. The molecular formula is C15H27N3OS. The van der Waals surface area contributed by atoms with Crippen molar-refractivity contribution in [2.24, 2.45) is 5.92 Å². The van der Waals surface area contributed by atoms with Crippen LogP contribution in [0.2, 0.25) is 0 Å². The molecule has 0 N–H and O–H groups in total.